The number of rotatable bonds is 15. The predicted molar refractivity (Wildman–Crippen MR) is 257 cm³/mol. The molecular weight excluding hydrogens is 868 g/mol. The molecule has 1 aliphatic heterocycles. The molecule has 10 nitrogen and oxygen atoms in total. The maximum absolute atomic E-state index is 13.4. The molecule has 2 atom stereocenters. The monoisotopic (exact) mass is 921 g/mol. The van der Waals surface area contributed by atoms with Crippen LogP contribution in [0.2, 0.25) is 0 Å². The molecule has 350 valence electrons. The van der Waals surface area contributed by atoms with Gasteiger partial charge in [-0.25, -0.2) is 27.7 Å². The molecule has 0 saturated heterocycles. The lowest BCUT2D eigenvalue weighted by molar-refractivity contribution is -0.0140. The summed E-state index contributed by atoms with van der Waals surface area (Å²) >= 11 is 0. The van der Waals surface area contributed by atoms with Crippen molar-refractivity contribution in [3.05, 3.63) is 229 Å². The zero-order valence-electron chi connectivity index (χ0n) is 38.5. The molecule has 68 heavy (non-hydrogen) atoms. The van der Waals surface area contributed by atoms with E-state index < -0.39 is 17.0 Å². The molecule has 1 heterocycles. The lowest BCUT2D eigenvalue weighted by Crippen LogP contribution is -2.30. The first kappa shape index (κ1) is 52.0. The van der Waals surface area contributed by atoms with Crippen LogP contribution in [-0.2, 0) is 35.8 Å². The molecule has 0 fully saturated rings. The summed E-state index contributed by atoms with van der Waals surface area (Å²) in [6.45, 7) is 22.8. The van der Waals surface area contributed by atoms with E-state index in [1.165, 1.54) is 66.7 Å². The fraction of sp³-hybridized carbons (Fsp3) is 0.273. The number of halogens is 3. The zero-order chi connectivity index (χ0) is 49.4. The molecule has 6 aromatic rings. The molecule has 0 radical (unpaired) electrons. The lowest BCUT2D eigenvalue weighted by atomic mass is 9.80. The van der Waals surface area contributed by atoms with Gasteiger partial charge in [0.2, 0.25) is 0 Å². The standard InChI is InChI=1S/C20H23FN2O2.C20H21FN2O.C15H10FNO2/c1-22-18-9-10-19(15(13-18)14-24)20(25,11-4-12-23(2)3)16-5-7-17(21)8-6-16;1-22-18-9-10-19-15(13-18)14-24-20(19,11-4-12-23(2)3)16-5-7-17(21)8-6-16;1-17-13-6-7-14(11(8-13)9-18)15(19)10-2-4-12(16)5-3-10/h5-10,13,24-25H,4,11-12,14H2,2-3H3;5-10,13H,4,11-12,14H2,2-3H3;2-8,18H,9H2/t;20-;/m.0./s1. The van der Waals surface area contributed by atoms with Gasteiger partial charge in [0.1, 0.15) is 28.7 Å². The Kier molecular flexibility index (Phi) is 18.5. The van der Waals surface area contributed by atoms with Crippen LogP contribution in [0.15, 0.2) is 127 Å². The van der Waals surface area contributed by atoms with Crippen LogP contribution in [0.4, 0.5) is 30.2 Å². The maximum atomic E-state index is 13.4. The topological polar surface area (TPSA) is 107 Å². The van der Waals surface area contributed by atoms with Gasteiger partial charge >= 0.3 is 0 Å². The summed E-state index contributed by atoms with van der Waals surface area (Å²) < 4.78 is 45.8. The minimum absolute atomic E-state index is 0.247. The number of hydrogen-bond acceptors (Lipinski definition) is 7. The molecule has 0 spiro atoms. The summed E-state index contributed by atoms with van der Waals surface area (Å²) in [5.41, 5.74) is 5.27. The molecule has 6 aromatic carbocycles. The van der Waals surface area contributed by atoms with Gasteiger partial charge in [0.25, 0.3) is 0 Å². The summed E-state index contributed by atoms with van der Waals surface area (Å²) in [5, 5.41) is 30.5. The van der Waals surface area contributed by atoms with Crippen molar-refractivity contribution in [2.75, 3.05) is 41.3 Å². The van der Waals surface area contributed by atoms with Crippen molar-refractivity contribution in [2.45, 2.75) is 56.7 Å². The third-order valence-corrected chi connectivity index (χ3v) is 11.6. The van der Waals surface area contributed by atoms with Gasteiger partial charge in [-0.3, -0.25) is 4.79 Å². The summed E-state index contributed by atoms with van der Waals surface area (Å²) in [4.78, 5) is 26.5. The number of ether oxygens (including phenoxy) is 1. The van der Waals surface area contributed by atoms with Crippen LogP contribution >= 0.6 is 0 Å². The Balaban J connectivity index is 0.000000192. The van der Waals surface area contributed by atoms with Crippen molar-refractivity contribution in [1.29, 1.82) is 0 Å². The van der Waals surface area contributed by atoms with Gasteiger partial charge in [-0.05, 0) is 154 Å². The highest BCUT2D eigenvalue weighted by atomic mass is 19.1. The Bertz CT molecular complexity index is 2780. The Morgan fingerprint density at radius 1 is 0.662 bits per heavy atom. The van der Waals surface area contributed by atoms with Gasteiger partial charge in [0, 0.05) is 11.1 Å². The molecule has 0 amide bonds. The molecule has 0 bridgehead atoms. The second kappa shape index (κ2) is 24.2. The summed E-state index contributed by atoms with van der Waals surface area (Å²) in [6, 6.07) is 32.7. The molecule has 0 aliphatic carbocycles. The number of benzene rings is 6. The van der Waals surface area contributed by atoms with Crippen molar-refractivity contribution in [1.82, 2.24) is 9.80 Å². The maximum Gasteiger partial charge on any atom is 0.193 e. The van der Waals surface area contributed by atoms with Crippen LogP contribution in [0, 0.1) is 37.2 Å². The number of aliphatic hydroxyl groups is 3. The van der Waals surface area contributed by atoms with Gasteiger partial charge in [-0.15, -0.1) is 0 Å². The lowest BCUT2D eigenvalue weighted by Gasteiger charge is -2.32. The number of fused-ring (bicyclic) bond motifs is 1. The highest BCUT2D eigenvalue weighted by molar-refractivity contribution is 6.10. The van der Waals surface area contributed by atoms with Crippen LogP contribution in [0.1, 0.15) is 80.5 Å². The van der Waals surface area contributed by atoms with E-state index in [1.807, 2.05) is 49.3 Å². The van der Waals surface area contributed by atoms with Crippen molar-refractivity contribution < 1.29 is 38.0 Å². The average molecular weight is 922 g/mol. The van der Waals surface area contributed by atoms with Gasteiger partial charge in [0.05, 0.1) is 39.5 Å². The van der Waals surface area contributed by atoms with Crippen molar-refractivity contribution >= 4 is 22.8 Å². The third kappa shape index (κ3) is 12.9. The number of nitrogens with zero attached hydrogens (tertiary/aromatic N) is 5. The summed E-state index contributed by atoms with van der Waals surface area (Å²) in [6.07, 6.45) is 2.92. The molecule has 7 rings (SSSR count). The Hall–Kier alpha value is -6.99. The van der Waals surface area contributed by atoms with Gasteiger partial charge in [0.15, 0.2) is 22.8 Å². The van der Waals surface area contributed by atoms with Gasteiger partial charge < -0.3 is 29.9 Å². The van der Waals surface area contributed by atoms with Crippen LogP contribution in [0.3, 0.4) is 0 Å². The van der Waals surface area contributed by atoms with Crippen LogP contribution in [0.25, 0.3) is 14.5 Å². The van der Waals surface area contributed by atoms with E-state index in [0.29, 0.717) is 63.5 Å². The molecule has 3 N–H and O–H groups in total. The van der Waals surface area contributed by atoms with Gasteiger partial charge in [-0.1, -0.05) is 78.9 Å². The molecular formula is C55H54F3N5O5. The minimum Gasteiger partial charge on any atom is -0.392 e. The fourth-order valence-electron chi connectivity index (χ4n) is 8.15. The largest absolute Gasteiger partial charge is 0.392 e. The molecule has 13 heteroatoms. The normalized spacial score (nSPS) is 14.5. The highest BCUT2D eigenvalue weighted by Crippen LogP contribution is 2.46. The van der Waals surface area contributed by atoms with Crippen molar-refractivity contribution in [3.63, 3.8) is 0 Å². The predicted octanol–water partition coefficient (Wildman–Crippen LogP) is 11.0. The van der Waals surface area contributed by atoms with E-state index in [9.17, 15) is 33.3 Å². The van der Waals surface area contributed by atoms with Gasteiger partial charge in [-0.2, -0.15) is 0 Å². The second-order valence-corrected chi connectivity index (χ2v) is 16.8. The highest BCUT2D eigenvalue weighted by Gasteiger charge is 2.41. The Morgan fingerprint density at radius 3 is 1.72 bits per heavy atom. The van der Waals surface area contributed by atoms with E-state index in [2.05, 4.69) is 33.5 Å². The second-order valence-electron chi connectivity index (χ2n) is 16.8. The molecule has 1 aliphatic rings. The first-order valence-corrected chi connectivity index (χ1v) is 21.8. The van der Waals surface area contributed by atoms with E-state index in [4.69, 9.17) is 24.5 Å². The first-order valence-electron chi connectivity index (χ1n) is 21.8. The fourth-order valence-corrected chi connectivity index (χ4v) is 8.15. The third-order valence-electron chi connectivity index (χ3n) is 11.6. The number of carbonyl (C=O) groups is 1. The molecule has 0 saturated carbocycles. The van der Waals surface area contributed by atoms with E-state index in [1.54, 1.807) is 30.3 Å². The van der Waals surface area contributed by atoms with E-state index in [0.717, 1.165) is 49.0 Å². The van der Waals surface area contributed by atoms with Crippen LogP contribution in [0.5, 0.6) is 0 Å². The minimum atomic E-state index is -1.36. The number of aliphatic hydroxyl groups excluding tert-OH is 2. The average Bonchev–Trinajstić information content (AvgIpc) is 3.72. The summed E-state index contributed by atoms with van der Waals surface area (Å²) in [7, 11) is 8.02. The molecule has 0 aromatic heterocycles. The first-order chi connectivity index (χ1) is 32.6. The van der Waals surface area contributed by atoms with E-state index >= 15 is 0 Å². The number of hydrogen-bond donors (Lipinski definition) is 3. The van der Waals surface area contributed by atoms with Crippen molar-refractivity contribution in [3.8, 4) is 0 Å². The smallest absolute Gasteiger partial charge is 0.193 e. The SMILES string of the molecule is [C-]#[N+]c1ccc(C(=O)c2ccc(F)cc2)c(CO)c1.[C-]#[N+]c1ccc(C(O)(CCCN(C)C)c2ccc(F)cc2)c(CO)c1.[C-]#[N+]c1ccc2c(c1)CO[C@@]2(CCCN(C)C)c1ccc(F)cc1. The van der Waals surface area contributed by atoms with E-state index in [-0.39, 0.29) is 30.6 Å². The quantitative estimate of drug-likeness (QED) is 0.0696. The Morgan fingerprint density at radius 2 is 1.16 bits per heavy atom. The zero-order valence-corrected chi connectivity index (χ0v) is 38.5. The summed E-state index contributed by atoms with van der Waals surface area (Å²) in [5.74, 6) is -1.34. The Labute approximate surface area is 396 Å². The molecule has 1 unspecified atom stereocenters. The van der Waals surface area contributed by atoms with Crippen molar-refractivity contribution in [2.24, 2.45) is 0 Å². The number of ketones is 1. The van der Waals surface area contributed by atoms with Crippen LogP contribution in [-0.4, -0.2) is 72.2 Å². The van der Waals surface area contributed by atoms with Crippen LogP contribution < -0.4 is 0 Å². The number of carbonyl (C=O) groups excluding carboxylic acids is 1.